The fraction of sp³-hybridized carbons (Fsp3) is 0.385. The third-order valence-corrected chi connectivity index (χ3v) is 6.79. The van der Waals surface area contributed by atoms with Crippen LogP contribution in [0.5, 0.6) is 0 Å². The average molecular weight is 416 g/mol. The van der Waals surface area contributed by atoms with Gasteiger partial charge < -0.3 is 11.1 Å². The zero-order valence-electron chi connectivity index (χ0n) is 18.3. The van der Waals surface area contributed by atoms with Crippen LogP contribution in [-0.4, -0.2) is 16.9 Å². The molecule has 0 bridgehead atoms. The normalized spacial score (nSPS) is 16.2. The highest BCUT2D eigenvalue weighted by molar-refractivity contribution is 5.99. The van der Waals surface area contributed by atoms with Crippen LogP contribution in [0.25, 0.3) is 22.0 Å². The number of hydrogen-bond donors (Lipinski definition) is 2. The Balaban J connectivity index is 1.76. The van der Waals surface area contributed by atoms with Crippen LogP contribution in [0.3, 0.4) is 0 Å². The molecule has 1 amide bonds. The predicted molar refractivity (Wildman–Crippen MR) is 127 cm³/mol. The minimum Gasteiger partial charge on any atom is -0.396 e. The SMILES string of the molecule is CC(C)(C([NH])=O)C(Nc1c(N)cnc2cc(-c3ccccc3)ccc12)C1CCCCC1. The van der Waals surface area contributed by atoms with Gasteiger partial charge in [-0.05, 0) is 49.8 Å². The largest absolute Gasteiger partial charge is 0.396 e. The number of carbonyl (C=O) groups excluding carboxylic acids is 1. The molecule has 31 heavy (non-hydrogen) atoms. The van der Waals surface area contributed by atoms with Crippen LogP contribution in [0.4, 0.5) is 11.4 Å². The first-order chi connectivity index (χ1) is 14.9. The number of fused-ring (bicyclic) bond motifs is 1. The monoisotopic (exact) mass is 415 g/mol. The second-order valence-corrected chi connectivity index (χ2v) is 9.26. The molecule has 3 aromatic rings. The lowest BCUT2D eigenvalue weighted by atomic mass is 9.71. The van der Waals surface area contributed by atoms with Gasteiger partial charge in [0.15, 0.2) is 0 Å². The molecule has 4 N–H and O–H groups in total. The molecule has 5 heteroatoms. The molecule has 1 atom stereocenters. The highest BCUT2D eigenvalue weighted by atomic mass is 16.1. The summed E-state index contributed by atoms with van der Waals surface area (Å²) in [5.74, 6) is -0.205. The summed E-state index contributed by atoms with van der Waals surface area (Å²) in [6.07, 6.45) is 7.38. The minimum absolute atomic E-state index is 0.153. The van der Waals surface area contributed by atoms with Crippen LogP contribution < -0.4 is 16.8 Å². The Morgan fingerprint density at radius 2 is 1.81 bits per heavy atom. The zero-order valence-corrected chi connectivity index (χ0v) is 18.3. The summed E-state index contributed by atoms with van der Waals surface area (Å²) in [5.41, 5.74) is 17.9. The Hall–Kier alpha value is -3.08. The van der Waals surface area contributed by atoms with E-state index in [1.54, 1.807) is 6.20 Å². The number of amides is 1. The first-order valence-corrected chi connectivity index (χ1v) is 11.1. The molecule has 2 aromatic carbocycles. The number of anilines is 2. The molecular weight excluding hydrogens is 384 g/mol. The lowest BCUT2D eigenvalue weighted by Gasteiger charge is -2.40. The van der Waals surface area contributed by atoms with E-state index in [2.05, 4.69) is 40.6 Å². The van der Waals surface area contributed by atoms with Crippen LogP contribution >= 0.6 is 0 Å². The number of hydrogen-bond acceptors (Lipinski definition) is 4. The molecular formula is C26H31N4O. The van der Waals surface area contributed by atoms with Crippen molar-refractivity contribution in [3.8, 4) is 11.1 Å². The maximum Gasteiger partial charge on any atom is 0.246 e. The van der Waals surface area contributed by atoms with Gasteiger partial charge in [0.2, 0.25) is 5.91 Å². The Labute approximate surface area is 184 Å². The maximum atomic E-state index is 12.3. The van der Waals surface area contributed by atoms with Gasteiger partial charge in [-0.25, -0.2) is 0 Å². The molecule has 1 fully saturated rings. The molecule has 1 unspecified atom stereocenters. The molecule has 0 saturated heterocycles. The smallest absolute Gasteiger partial charge is 0.246 e. The van der Waals surface area contributed by atoms with Gasteiger partial charge in [0.1, 0.15) is 0 Å². The summed E-state index contributed by atoms with van der Waals surface area (Å²) < 4.78 is 0. The highest BCUT2D eigenvalue weighted by Crippen LogP contribution is 2.40. The van der Waals surface area contributed by atoms with Crippen LogP contribution in [0, 0.1) is 11.3 Å². The molecule has 1 aliphatic rings. The number of aromatic nitrogens is 1. The van der Waals surface area contributed by atoms with E-state index < -0.39 is 11.3 Å². The fourth-order valence-electron chi connectivity index (χ4n) is 4.83. The number of nitrogens with zero attached hydrogens (tertiary/aromatic N) is 1. The van der Waals surface area contributed by atoms with Gasteiger partial charge >= 0.3 is 0 Å². The van der Waals surface area contributed by atoms with Crippen LogP contribution in [0.2, 0.25) is 0 Å². The molecule has 0 spiro atoms. The number of pyridine rings is 1. The second-order valence-electron chi connectivity index (χ2n) is 9.26. The van der Waals surface area contributed by atoms with E-state index in [-0.39, 0.29) is 6.04 Å². The van der Waals surface area contributed by atoms with Crippen molar-refractivity contribution in [1.29, 1.82) is 0 Å². The molecule has 1 radical (unpaired) electrons. The average Bonchev–Trinajstić information content (AvgIpc) is 2.79. The first-order valence-electron chi connectivity index (χ1n) is 11.1. The van der Waals surface area contributed by atoms with Gasteiger partial charge in [-0.1, -0.05) is 61.7 Å². The van der Waals surface area contributed by atoms with Gasteiger partial charge in [0.05, 0.1) is 28.5 Å². The van der Waals surface area contributed by atoms with Crippen molar-refractivity contribution in [1.82, 2.24) is 10.7 Å². The summed E-state index contributed by atoms with van der Waals surface area (Å²) >= 11 is 0. The lowest BCUT2D eigenvalue weighted by molar-refractivity contribution is -0.128. The number of carbonyl (C=O) groups is 1. The third-order valence-electron chi connectivity index (χ3n) is 6.79. The number of nitrogen functional groups attached to an aromatic ring is 1. The van der Waals surface area contributed by atoms with E-state index in [9.17, 15) is 4.79 Å². The summed E-state index contributed by atoms with van der Waals surface area (Å²) in [7, 11) is 0. The van der Waals surface area contributed by atoms with Gasteiger partial charge in [-0.2, -0.15) is 0 Å². The number of benzene rings is 2. The molecule has 161 valence electrons. The van der Waals surface area contributed by atoms with Crippen molar-refractivity contribution in [2.24, 2.45) is 11.3 Å². The van der Waals surface area contributed by atoms with Crippen molar-refractivity contribution in [3.63, 3.8) is 0 Å². The maximum absolute atomic E-state index is 12.3. The van der Waals surface area contributed by atoms with E-state index in [0.717, 1.165) is 53.4 Å². The van der Waals surface area contributed by atoms with Crippen molar-refractivity contribution in [2.45, 2.75) is 52.0 Å². The highest BCUT2D eigenvalue weighted by Gasteiger charge is 2.41. The summed E-state index contributed by atoms with van der Waals surface area (Å²) in [6.45, 7) is 3.75. The molecule has 4 rings (SSSR count). The van der Waals surface area contributed by atoms with Crippen molar-refractivity contribution in [3.05, 3.63) is 54.7 Å². The molecule has 0 aliphatic heterocycles. The van der Waals surface area contributed by atoms with Crippen LogP contribution in [0.1, 0.15) is 46.0 Å². The standard InChI is InChI=1S/C26H31N4O/c1-26(2,25(28)31)24(18-11-7-4-8-12-18)30-23-20-14-13-19(17-9-5-3-6-10-17)15-22(20)29-16-21(23)27/h3,5-6,9-10,13-16,18,24,28H,4,7-8,11-12,27H2,1-2H3,(H,29,30). The number of nitrogens with one attached hydrogen (secondary N) is 2. The number of nitrogens with two attached hydrogens (primary N) is 1. The number of rotatable bonds is 6. The molecule has 5 nitrogen and oxygen atoms in total. The second kappa shape index (κ2) is 8.58. The molecule has 1 saturated carbocycles. The third kappa shape index (κ3) is 4.22. The van der Waals surface area contributed by atoms with E-state index in [4.69, 9.17) is 11.5 Å². The molecule has 1 aromatic heterocycles. The fourth-order valence-corrected chi connectivity index (χ4v) is 4.83. The Bertz CT molecular complexity index is 1070. The minimum atomic E-state index is -0.811. The Kier molecular flexibility index (Phi) is 5.86. The summed E-state index contributed by atoms with van der Waals surface area (Å²) in [4.78, 5) is 16.8. The first kappa shape index (κ1) is 21.2. The quantitative estimate of drug-likeness (QED) is 0.542. The lowest BCUT2D eigenvalue weighted by Crippen LogP contribution is -2.48. The van der Waals surface area contributed by atoms with Gasteiger partial charge in [0, 0.05) is 11.4 Å². The van der Waals surface area contributed by atoms with Crippen molar-refractivity contribution < 1.29 is 4.79 Å². The summed E-state index contributed by atoms with van der Waals surface area (Å²) in [6, 6.07) is 16.3. The van der Waals surface area contributed by atoms with E-state index in [1.165, 1.54) is 6.42 Å². The van der Waals surface area contributed by atoms with Gasteiger partial charge in [-0.3, -0.25) is 15.5 Å². The van der Waals surface area contributed by atoms with Crippen molar-refractivity contribution >= 4 is 28.2 Å². The van der Waals surface area contributed by atoms with Crippen LogP contribution in [-0.2, 0) is 4.79 Å². The summed E-state index contributed by atoms with van der Waals surface area (Å²) in [5, 5.41) is 4.57. The van der Waals surface area contributed by atoms with E-state index in [1.807, 2.05) is 32.0 Å². The van der Waals surface area contributed by atoms with Gasteiger partial charge in [-0.15, -0.1) is 0 Å². The van der Waals surface area contributed by atoms with E-state index in [0.29, 0.717) is 11.6 Å². The Morgan fingerprint density at radius 1 is 1.10 bits per heavy atom. The predicted octanol–water partition coefficient (Wildman–Crippen LogP) is 5.68. The van der Waals surface area contributed by atoms with Gasteiger partial charge in [0.25, 0.3) is 0 Å². The molecule has 1 aliphatic carbocycles. The Morgan fingerprint density at radius 3 is 2.48 bits per heavy atom. The zero-order chi connectivity index (χ0) is 22.0. The molecule has 1 heterocycles. The van der Waals surface area contributed by atoms with Crippen LogP contribution in [0.15, 0.2) is 54.7 Å². The van der Waals surface area contributed by atoms with E-state index >= 15 is 0 Å². The topological polar surface area (TPSA) is 91.8 Å². The van der Waals surface area contributed by atoms with Crippen molar-refractivity contribution in [2.75, 3.05) is 11.1 Å².